The molecule has 0 radical (unpaired) electrons. The number of nitrogens with zero attached hydrogens (tertiary/aromatic N) is 1. The number of anilines is 1. The fourth-order valence-electron chi connectivity index (χ4n) is 2.70. The topological polar surface area (TPSA) is 77.5 Å². The van der Waals surface area contributed by atoms with Crippen LogP contribution in [0.3, 0.4) is 0 Å². The summed E-state index contributed by atoms with van der Waals surface area (Å²) < 4.78 is 16.9. The molecule has 1 amide bonds. The Bertz CT molecular complexity index is 1110. The quantitative estimate of drug-likeness (QED) is 0.556. The van der Waals surface area contributed by atoms with E-state index >= 15 is 0 Å². The first kappa shape index (κ1) is 16.9. The predicted octanol–water partition coefficient (Wildman–Crippen LogP) is 4.72. The van der Waals surface area contributed by atoms with Gasteiger partial charge in [0.15, 0.2) is 18.0 Å². The third-order valence-electron chi connectivity index (χ3n) is 4.07. The van der Waals surface area contributed by atoms with Crippen LogP contribution in [0.4, 0.5) is 5.88 Å². The highest BCUT2D eigenvalue weighted by Gasteiger charge is 2.14. The summed E-state index contributed by atoms with van der Waals surface area (Å²) in [4.78, 5) is 16.5. The highest BCUT2D eigenvalue weighted by molar-refractivity contribution is 5.90. The number of rotatable bonds is 5. The SMILES string of the molecule is Cc1ccc2oc(-c3ccc(NC(=O)COc4ccccc4C)o3)nc2c1. The van der Waals surface area contributed by atoms with Crippen LogP contribution in [0.5, 0.6) is 5.75 Å². The van der Waals surface area contributed by atoms with Crippen molar-refractivity contribution in [1.29, 1.82) is 0 Å². The van der Waals surface area contributed by atoms with Crippen molar-refractivity contribution in [3.8, 4) is 17.4 Å². The van der Waals surface area contributed by atoms with Crippen LogP contribution in [0.1, 0.15) is 11.1 Å². The second kappa shape index (κ2) is 6.99. The molecule has 0 saturated carbocycles. The largest absolute Gasteiger partial charge is 0.483 e. The number of oxazole rings is 1. The Morgan fingerprint density at radius 3 is 2.78 bits per heavy atom. The summed E-state index contributed by atoms with van der Waals surface area (Å²) in [5.41, 5.74) is 3.52. The molecule has 0 unspecified atom stereocenters. The molecule has 0 bridgehead atoms. The molecule has 2 aromatic heterocycles. The molecule has 0 aliphatic carbocycles. The van der Waals surface area contributed by atoms with Gasteiger partial charge in [-0.2, -0.15) is 0 Å². The molecule has 0 aliphatic rings. The van der Waals surface area contributed by atoms with E-state index in [9.17, 15) is 4.79 Å². The van der Waals surface area contributed by atoms with Gasteiger partial charge >= 0.3 is 0 Å². The van der Waals surface area contributed by atoms with Crippen molar-refractivity contribution in [3.63, 3.8) is 0 Å². The maximum Gasteiger partial charge on any atom is 0.264 e. The lowest BCUT2D eigenvalue weighted by atomic mass is 10.2. The second-order valence-electron chi connectivity index (χ2n) is 6.26. The summed E-state index contributed by atoms with van der Waals surface area (Å²) in [5, 5.41) is 2.66. The molecule has 4 rings (SSSR count). The fourth-order valence-corrected chi connectivity index (χ4v) is 2.70. The van der Waals surface area contributed by atoms with E-state index in [2.05, 4.69) is 10.3 Å². The number of amides is 1. The molecule has 0 aliphatic heterocycles. The average Bonchev–Trinajstić information content (AvgIpc) is 3.27. The summed E-state index contributed by atoms with van der Waals surface area (Å²) in [6.07, 6.45) is 0. The molecule has 27 heavy (non-hydrogen) atoms. The van der Waals surface area contributed by atoms with E-state index in [4.69, 9.17) is 13.6 Å². The van der Waals surface area contributed by atoms with Crippen LogP contribution < -0.4 is 10.1 Å². The molecule has 6 heteroatoms. The minimum atomic E-state index is -0.313. The van der Waals surface area contributed by atoms with Gasteiger partial charge in [0, 0.05) is 6.07 Å². The van der Waals surface area contributed by atoms with Crippen molar-refractivity contribution < 1.29 is 18.4 Å². The Kier molecular flexibility index (Phi) is 4.38. The van der Waals surface area contributed by atoms with Gasteiger partial charge in [-0.05, 0) is 49.2 Å². The number of carbonyl (C=O) groups is 1. The number of hydrogen-bond donors (Lipinski definition) is 1. The van der Waals surface area contributed by atoms with Crippen molar-refractivity contribution in [1.82, 2.24) is 4.98 Å². The van der Waals surface area contributed by atoms with E-state index < -0.39 is 0 Å². The minimum absolute atomic E-state index is 0.108. The zero-order chi connectivity index (χ0) is 18.8. The van der Waals surface area contributed by atoms with E-state index in [1.807, 2.05) is 56.3 Å². The summed E-state index contributed by atoms with van der Waals surface area (Å²) >= 11 is 0. The Balaban J connectivity index is 1.42. The number of nitrogens with one attached hydrogen (secondary N) is 1. The van der Waals surface area contributed by atoms with Gasteiger partial charge in [0.25, 0.3) is 11.8 Å². The van der Waals surface area contributed by atoms with Crippen LogP contribution in [0.25, 0.3) is 22.8 Å². The van der Waals surface area contributed by atoms with Gasteiger partial charge in [-0.3, -0.25) is 10.1 Å². The second-order valence-corrected chi connectivity index (χ2v) is 6.26. The zero-order valence-electron chi connectivity index (χ0n) is 15.0. The van der Waals surface area contributed by atoms with Crippen molar-refractivity contribution in [2.24, 2.45) is 0 Å². The predicted molar refractivity (Wildman–Crippen MR) is 102 cm³/mol. The van der Waals surface area contributed by atoms with Crippen LogP contribution >= 0.6 is 0 Å². The average molecular weight is 362 g/mol. The molecule has 1 N–H and O–H groups in total. The standard InChI is InChI=1S/C21H18N2O4/c1-13-7-8-17-15(11-13)22-21(27-17)18-9-10-20(26-18)23-19(24)12-25-16-6-4-3-5-14(16)2/h3-11H,12H2,1-2H3,(H,23,24). The smallest absolute Gasteiger partial charge is 0.264 e. The molecular weight excluding hydrogens is 344 g/mol. The number of ether oxygens (including phenoxy) is 1. The van der Waals surface area contributed by atoms with E-state index in [0.717, 1.165) is 16.6 Å². The highest BCUT2D eigenvalue weighted by Crippen LogP contribution is 2.28. The number of hydrogen-bond acceptors (Lipinski definition) is 5. The van der Waals surface area contributed by atoms with Crippen LogP contribution in [-0.2, 0) is 4.79 Å². The fraction of sp³-hybridized carbons (Fsp3) is 0.143. The normalized spacial score (nSPS) is 10.9. The maximum absolute atomic E-state index is 12.1. The lowest BCUT2D eigenvalue weighted by Gasteiger charge is -2.08. The molecule has 6 nitrogen and oxygen atoms in total. The number of aromatic nitrogens is 1. The molecule has 0 fully saturated rings. The first-order valence-electron chi connectivity index (χ1n) is 8.54. The number of aryl methyl sites for hydroxylation is 2. The van der Waals surface area contributed by atoms with Crippen LogP contribution in [0, 0.1) is 13.8 Å². The highest BCUT2D eigenvalue weighted by atomic mass is 16.5. The van der Waals surface area contributed by atoms with E-state index in [1.54, 1.807) is 12.1 Å². The molecule has 0 spiro atoms. The molecule has 4 aromatic rings. The van der Waals surface area contributed by atoms with Gasteiger partial charge in [0.1, 0.15) is 11.3 Å². The summed E-state index contributed by atoms with van der Waals surface area (Å²) in [6, 6.07) is 16.7. The molecular formula is C21H18N2O4. The lowest BCUT2D eigenvalue weighted by Crippen LogP contribution is -2.20. The Labute approximate surface area is 155 Å². The number of benzene rings is 2. The van der Waals surface area contributed by atoms with Gasteiger partial charge < -0.3 is 13.6 Å². The number of carbonyl (C=O) groups excluding carboxylic acids is 1. The van der Waals surface area contributed by atoms with Crippen molar-refractivity contribution in [3.05, 3.63) is 65.7 Å². The summed E-state index contributed by atoms with van der Waals surface area (Å²) in [5.74, 6) is 1.48. The van der Waals surface area contributed by atoms with Crippen LogP contribution in [-0.4, -0.2) is 17.5 Å². The van der Waals surface area contributed by atoms with E-state index in [1.165, 1.54) is 0 Å². The van der Waals surface area contributed by atoms with Gasteiger partial charge in [-0.1, -0.05) is 24.3 Å². The lowest BCUT2D eigenvalue weighted by molar-refractivity contribution is -0.118. The van der Waals surface area contributed by atoms with Gasteiger partial charge in [0.05, 0.1) is 0 Å². The third-order valence-corrected chi connectivity index (χ3v) is 4.07. The molecule has 0 saturated heterocycles. The van der Waals surface area contributed by atoms with E-state index in [-0.39, 0.29) is 12.5 Å². The van der Waals surface area contributed by atoms with Crippen LogP contribution in [0.15, 0.2) is 63.4 Å². The number of para-hydroxylation sites is 1. The van der Waals surface area contributed by atoms with Crippen LogP contribution in [0.2, 0.25) is 0 Å². The Hall–Kier alpha value is -3.54. The Morgan fingerprint density at radius 2 is 1.93 bits per heavy atom. The van der Waals surface area contributed by atoms with Crippen molar-refractivity contribution >= 4 is 22.9 Å². The first-order valence-corrected chi connectivity index (χ1v) is 8.54. The summed E-state index contributed by atoms with van der Waals surface area (Å²) in [6.45, 7) is 3.81. The zero-order valence-corrected chi connectivity index (χ0v) is 15.0. The molecule has 2 aromatic carbocycles. The third kappa shape index (κ3) is 3.69. The molecule has 136 valence electrons. The van der Waals surface area contributed by atoms with Gasteiger partial charge in [-0.25, -0.2) is 4.98 Å². The summed E-state index contributed by atoms with van der Waals surface area (Å²) in [7, 11) is 0. The van der Waals surface area contributed by atoms with Gasteiger partial charge in [0.2, 0.25) is 5.88 Å². The molecule has 2 heterocycles. The molecule has 0 atom stereocenters. The number of furan rings is 1. The van der Waals surface area contributed by atoms with E-state index in [0.29, 0.717) is 28.9 Å². The Morgan fingerprint density at radius 1 is 1.07 bits per heavy atom. The minimum Gasteiger partial charge on any atom is -0.483 e. The monoisotopic (exact) mass is 362 g/mol. The van der Waals surface area contributed by atoms with Gasteiger partial charge in [-0.15, -0.1) is 0 Å². The first-order chi connectivity index (χ1) is 13.1. The van der Waals surface area contributed by atoms with Crippen molar-refractivity contribution in [2.45, 2.75) is 13.8 Å². The number of fused-ring (bicyclic) bond motifs is 1. The van der Waals surface area contributed by atoms with Crippen molar-refractivity contribution in [2.75, 3.05) is 11.9 Å². The maximum atomic E-state index is 12.1.